The highest BCUT2D eigenvalue weighted by atomic mass is 35.5. The first-order valence-electron chi connectivity index (χ1n) is 14.1. The Hall–Kier alpha value is -3.46. The lowest BCUT2D eigenvalue weighted by molar-refractivity contribution is -0.144. The number of rotatable bonds is 11. The van der Waals surface area contributed by atoms with Crippen LogP contribution in [0.25, 0.3) is 0 Å². The molecule has 2 unspecified atom stereocenters. The summed E-state index contributed by atoms with van der Waals surface area (Å²) in [4.78, 5) is 47.9. The number of carbonyl (C=O) groups excluding carboxylic acids is 3. The van der Waals surface area contributed by atoms with E-state index in [4.69, 9.17) is 16.3 Å². The summed E-state index contributed by atoms with van der Waals surface area (Å²) >= 11 is 6.12. The second kappa shape index (κ2) is 11.8. The largest absolute Gasteiger partial charge is 0.394 e. The van der Waals surface area contributed by atoms with Crippen LogP contribution >= 0.6 is 11.6 Å². The van der Waals surface area contributed by atoms with Crippen LogP contribution in [0.2, 0.25) is 5.02 Å². The number of aliphatic hydroxyl groups is 1. The van der Waals surface area contributed by atoms with Gasteiger partial charge in [0.05, 0.1) is 30.6 Å². The molecule has 0 aliphatic carbocycles. The van der Waals surface area contributed by atoms with Crippen LogP contribution in [0.15, 0.2) is 79.9 Å². The fourth-order valence-corrected chi connectivity index (χ4v) is 7.05. The van der Waals surface area contributed by atoms with Gasteiger partial charge >= 0.3 is 0 Å². The van der Waals surface area contributed by atoms with Gasteiger partial charge in [0.1, 0.15) is 11.6 Å². The topological polar surface area (TPSA) is 90.4 Å². The predicted molar refractivity (Wildman–Crippen MR) is 159 cm³/mol. The van der Waals surface area contributed by atoms with E-state index in [1.807, 2.05) is 37.3 Å². The molecule has 9 heteroatoms. The maximum Gasteiger partial charge on any atom is 0.253 e. The van der Waals surface area contributed by atoms with Crippen molar-refractivity contribution in [3.63, 3.8) is 0 Å². The molecular formula is C32H36ClN3O5. The van der Waals surface area contributed by atoms with Crippen LogP contribution in [0.5, 0.6) is 0 Å². The molecule has 2 aromatic carbocycles. The predicted octanol–water partition coefficient (Wildman–Crippen LogP) is 4.22. The first kappa shape index (κ1) is 29.0. The number of hydrogen-bond donors (Lipinski definition) is 1. The third-order valence-electron chi connectivity index (χ3n) is 8.69. The summed E-state index contributed by atoms with van der Waals surface area (Å²) < 4.78 is 6.63. The highest BCUT2D eigenvalue weighted by molar-refractivity contribution is 6.30. The van der Waals surface area contributed by atoms with E-state index in [0.717, 1.165) is 0 Å². The minimum Gasteiger partial charge on any atom is -0.394 e. The van der Waals surface area contributed by atoms with Crippen molar-refractivity contribution in [1.29, 1.82) is 0 Å². The smallest absolute Gasteiger partial charge is 0.253 e. The Balaban J connectivity index is 1.58. The Bertz CT molecular complexity index is 1310. The third kappa shape index (κ3) is 4.78. The number of anilines is 2. The summed E-state index contributed by atoms with van der Waals surface area (Å²) in [6.07, 6.45) is 4.23. The zero-order valence-corrected chi connectivity index (χ0v) is 24.0. The van der Waals surface area contributed by atoms with Crippen molar-refractivity contribution in [3.8, 4) is 0 Å². The lowest BCUT2D eigenvalue weighted by atomic mass is 9.70. The van der Waals surface area contributed by atoms with Gasteiger partial charge in [0.15, 0.2) is 0 Å². The number of amides is 3. The van der Waals surface area contributed by atoms with Crippen LogP contribution in [0.4, 0.5) is 11.4 Å². The molecule has 2 aromatic rings. The Morgan fingerprint density at radius 1 is 1.07 bits per heavy atom. The molecule has 216 valence electrons. The molecule has 41 heavy (non-hydrogen) atoms. The monoisotopic (exact) mass is 577 g/mol. The number of halogens is 1. The average Bonchev–Trinajstić information content (AvgIpc) is 3.63. The highest BCUT2D eigenvalue weighted by Crippen LogP contribution is 2.59. The van der Waals surface area contributed by atoms with Crippen molar-refractivity contribution in [1.82, 2.24) is 4.90 Å². The van der Waals surface area contributed by atoms with E-state index >= 15 is 0 Å². The van der Waals surface area contributed by atoms with E-state index in [1.54, 1.807) is 46.2 Å². The van der Waals surface area contributed by atoms with Crippen molar-refractivity contribution < 1.29 is 24.2 Å². The first-order valence-corrected chi connectivity index (χ1v) is 14.5. The van der Waals surface area contributed by atoms with Gasteiger partial charge in [0, 0.05) is 29.5 Å². The lowest BCUT2D eigenvalue weighted by Gasteiger charge is -2.39. The molecular weight excluding hydrogens is 542 g/mol. The molecule has 0 saturated carbocycles. The molecule has 0 aromatic heterocycles. The van der Waals surface area contributed by atoms with Crippen molar-refractivity contribution >= 4 is 40.7 Å². The SMILES string of the molecule is C=CCN(C(=O)C1N([C@@H](CC)CO)C(=O)[C@@H]2[C@H](C(=O)N(CC=C)c3ccccc3)[C@@H]3CCC12O3)c1ccc(Cl)cc1. The van der Waals surface area contributed by atoms with Gasteiger partial charge in [-0.1, -0.05) is 48.9 Å². The zero-order valence-electron chi connectivity index (χ0n) is 23.2. The molecule has 0 radical (unpaired) electrons. The quantitative estimate of drug-likeness (QED) is 0.404. The molecule has 3 heterocycles. The van der Waals surface area contributed by atoms with E-state index in [2.05, 4.69) is 13.2 Å². The number of aliphatic hydroxyl groups excluding tert-OH is 1. The molecule has 5 rings (SSSR count). The Labute approximate surface area is 245 Å². The van der Waals surface area contributed by atoms with Crippen molar-refractivity contribution in [2.24, 2.45) is 11.8 Å². The minimum atomic E-state index is -1.19. The van der Waals surface area contributed by atoms with Gasteiger partial charge in [-0.05, 0) is 55.7 Å². The summed E-state index contributed by atoms with van der Waals surface area (Å²) in [7, 11) is 0. The first-order chi connectivity index (χ1) is 19.8. The van der Waals surface area contributed by atoms with E-state index < -0.39 is 35.6 Å². The van der Waals surface area contributed by atoms with Gasteiger partial charge in [-0.25, -0.2) is 0 Å². The van der Waals surface area contributed by atoms with Crippen molar-refractivity contribution in [2.45, 2.75) is 50.0 Å². The van der Waals surface area contributed by atoms with Crippen molar-refractivity contribution in [3.05, 3.63) is 84.9 Å². The molecule has 3 amide bonds. The molecule has 3 aliphatic heterocycles. The minimum absolute atomic E-state index is 0.197. The maximum atomic E-state index is 14.6. The third-order valence-corrected chi connectivity index (χ3v) is 8.95. The number of benzene rings is 2. The number of nitrogens with zero attached hydrogens (tertiary/aromatic N) is 3. The van der Waals surface area contributed by atoms with Crippen LogP contribution in [0, 0.1) is 11.8 Å². The zero-order chi connectivity index (χ0) is 29.3. The van der Waals surface area contributed by atoms with Gasteiger partial charge in [-0.15, -0.1) is 13.2 Å². The van der Waals surface area contributed by atoms with E-state index in [-0.39, 0.29) is 37.4 Å². The number of fused-ring (bicyclic) bond motifs is 1. The molecule has 1 N–H and O–H groups in total. The van der Waals surface area contributed by atoms with Crippen LogP contribution in [-0.4, -0.2) is 71.2 Å². The lowest BCUT2D eigenvalue weighted by Crippen LogP contribution is -2.59. The number of hydrogen-bond acceptors (Lipinski definition) is 5. The van der Waals surface area contributed by atoms with Crippen LogP contribution < -0.4 is 9.80 Å². The molecule has 3 fully saturated rings. The van der Waals surface area contributed by atoms with Gasteiger partial charge in [0.2, 0.25) is 11.8 Å². The van der Waals surface area contributed by atoms with Gasteiger partial charge < -0.3 is 24.5 Å². The Morgan fingerprint density at radius 2 is 1.68 bits per heavy atom. The highest BCUT2D eigenvalue weighted by Gasteiger charge is 2.75. The van der Waals surface area contributed by atoms with Gasteiger partial charge in [-0.2, -0.15) is 0 Å². The molecule has 1 spiro atoms. The van der Waals surface area contributed by atoms with Crippen LogP contribution in [0.1, 0.15) is 26.2 Å². The van der Waals surface area contributed by atoms with E-state index in [1.165, 1.54) is 4.90 Å². The summed E-state index contributed by atoms with van der Waals surface area (Å²) in [6.45, 7) is 9.69. The van der Waals surface area contributed by atoms with E-state index in [0.29, 0.717) is 35.7 Å². The average molecular weight is 578 g/mol. The summed E-state index contributed by atoms with van der Waals surface area (Å²) in [5.41, 5.74) is 0.111. The fourth-order valence-electron chi connectivity index (χ4n) is 6.92. The normalized spacial score (nSPS) is 26.9. The second-order valence-corrected chi connectivity index (χ2v) is 11.3. The number of likely N-dealkylation sites (tertiary alicyclic amines) is 1. The summed E-state index contributed by atoms with van der Waals surface area (Å²) in [6, 6.07) is 14.5. The Morgan fingerprint density at radius 3 is 2.27 bits per heavy atom. The number of ether oxygens (including phenoxy) is 1. The molecule has 2 bridgehead atoms. The summed E-state index contributed by atoms with van der Waals surface area (Å²) in [5.74, 6) is -2.51. The van der Waals surface area contributed by atoms with Crippen LogP contribution in [-0.2, 0) is 19.1 Å². The molecule has 6 atom stereocenters. The second-order valence-electron chi connectivity index (χ2n) is 10.8. The van der Waals surface area contributed by atoms with Gasteiger partial charge in [0.25, 0.3) is 5.91 Å². The fraction of sp³-hybridized carbons (Fsp3) is 0.406. The molecule has 3 aliphatic rings. The Kier molecular flexibility index (Phi) is 8.36. The van der Waals surface area contributed by atoms with E-state index in [9.17, 15) is 19.5 Å². The summed E-state index contributed by atoms with van der Waals surface area (Å²) in [5, 5.41) is 10.9. The molecule has 3 saturated heterocycles. The van der Waals surface area contributed by atoms with Gasteiger partial charge in [-0.3, -0.25) is 14.4 Å². The standard InChI is InChI=1S/C32H36ClN3O5/c1-4-18-34(23-10-8-7-9-11-23)29(38)26-25-16-17-32(41-25)27(26)30(39)36(22(6-3)20-37)28(32)31(40)35(19-5-2)24-14-12-21(33)13-15-24/h4-5,7-15,22,25-28,37H,1-2,6,16-20H2,3H3/t22-,25-,26+,27-,28?,32?/m0/s1. The maximum absolute atomic E-state index is 14.6. The molecule has 8 nitrogen and oxygen atoms in total. The van der Waals surface area contributed by atoms with Crippen LogP contribution in [0.3, 0.4) is 0 Å². The number of carbonyl (C=O) groups is 3. The van der Waals surface area contributed by atoms with Crippen molar-refractivity contribution in [2.75, 3.05) is 29.5 Å². The number of para-hydroxylation sites is 1.